The zero-order valence-electron chi connectivity index (χ0n) is 11.6. The third kappa shape index (κ3) is 4.26. The number of nitrogens with two attached hydrogens (primary N) is 1. The molecule has 0 atom stereocenters. The summed E-state index contributed by atoms with van der Waals surface area (Å²) in [6.45, 7) is 5.55. The van der Waals surface area contributed by atoms with Gasteiger partial charge < -0.3 is 14.8 Å². The van der Waals surface area contributed by atoms with Crippen LogP contribution in [0.15, 0.2) is 29.2 Å². The van der Waals surface area contributed by atoms with Crippen molar-refractivity contribution in [3.63, 3.8) is 0 Å². The molecule has 0 aliphatic carbocycles. The minimum atomic E-state index is -3.63. The number of primary sulfonamides is 1. The van der Waals surface area contributed by atoms with E-state index in [1.165, 1.54) is 12.1 Å². The van der Waals surface area contributed by atoms with Crippen LogP contribution >= 0.6 is 0 Å². The molecule has 0 unspecified atom stereocenters. The van der Waals surface area contributed by atoms with Crippen molar-refractivity contribution in [1.29, 1.82) is 0 Å². The van der Waals surface area contributed by atoms with E-state index < -0.39 is 15.8 Å². The molecule has 6 nitrogen and oxygen atoms in total. The minimum absolute atomic E-state index is 0.118. The molecular formula is C13H20N2O4S. The second kappa shape index (κ2) is 5.79. The molecule has 20 heavy (non-hydrogen) atoms. The van der Waals surface area contributed by atoms with Gasteiger partial charge in [0.05, 0.1) is 24.2 Å². The monoisotopic (exact) mass is 300 g/mol. The highest BCUT2D eigenvalue weighted by Gasteiger charge is 2.27. The molecule has 0 amide bonds. The van der Waals surface area contributed by atoms with Gasteiger partial charge in [0.15, 0.2) is 5.79 Å². The zero-order valence-corrected chi connectivity index (χ0v) is 12.4. The van der Waals surface area contributed by atoms with Crippen LogP contribution in [0.25, 0.3) is 0 Å². The summed E-state index contributed by atoms with van der Waals surface area (Å²) in [6.07, 6.45) is 0. The van der Waals surface area contributed by atoms with E-state index in [9.17, 15) is 8.42 Å². The lowest BCUT2D eigenvalue weighted by molar-refractivity contribution is -0.253. The molecule has 2 rings (SSSR count). The van der Waals surface area contributed by atoms with E-state index in [-0.39, 0.29) is 10.9 Å². The molecule has 0 aromatic heterocycles. The smallest absolute Gasteiger partial charge is 0.238 e. The van der Waals surface area contributed by atoms with Gasteiger partial charge in [-0.2, -0.15) is 0 Å². The molecule has 1 aliphatic rings. The molecule has 3 N–H and O–H groups in total. The number of ether oxygens (including phenoxy) is 2. The van der Waals surface area contributed by atoms with Gasteiger partial charge in [-0.05, 0) is 31.5 Å². The fraction of sp³-hybridized carbons (Fsp3) is 0.538. The predicted octanol–water partition coefficient (Wildman–Crippen LogP) is 0.575. The summed E-state index contributed by atoms with van der Waals surface area (Å²) in [6, 6.07) is 6.61. The Morgan fingerprint density at radius 1 is 1.25 bits per heavy atom. The largest absolute Gasteiger partial charge is 0.349 e. The van der Waals surface area contributed by atoms with E-state index in [1.807, 2.05) is 13.8 Å². The van der Waals surface area contributed by atoms with Crippen LogP contribution in [0.2, 0.25) is 0 Å². The van der Waals surface area contributed by atoms with E-state index in [2.05, 4.69) is 5.32 Å². The fourth-order valence-corrected chi connectivity index (χ4v) is 2.38. The second-order valence-corrected chi connectivity index (χ2v) is 6.85. The lowest BCUT2D eigenvalue weighted by Gasteiger charge is -2.35. The first kappa shape index (κ1) is 15.4. The minimum Gasteiger partial charge on any atom is -0.349 e. The fourth-order valence-electron chi connectivity index (χ4n) is 1.87. The molecule has 0 spiro atoms. The van der Waals surface area contributed by atoms with Crippen molar-refractivity contribution in [3.8, 4) is 0 Å². The number of nitrogens with one attached hydrogen (secondary N) is 1. The molecule has 1 aliphatic heterocycles. The van der Waals surface area contributed by atoms with Crippen LogP contribution in [-0.4, -0.2) is 33.5 Å². The van der Waals surface area contributed by atoms with Crippen molar-refractivity contribution in [2.45, 2.75) is 37.1 Å². The molecule has 112 valence electrons. The average Bonchev–Trinajstić information content (AvgIpc) is 2.37. The Morgan fingerprint density at radius 3 is 2.30 bits per heavy atom. The third-order valence-corrected chi connectivity index (χ3v) is 4.04. The van der Waals surface area contributed by atoms with E-state index in [0.717, 1.165) is 5.56 Å². The van der Waals surface area contributed by atoms with Gasteiger partial charge >= 0.3 is 0 Å². The maximum Gasteiger partial charge on any atom is 0.238 e. The Labute approximate surface area is 119 Å². The SMILES string of the molecule is CC1(C)OCC(NCc2ccc(S(N)(=O)=O)cc2)CO1. The molecule has 1 heterocycles. The van der Waals surface area contributed by atoms with Crippen LogP contribution < -0.4 is 10.5 Å². The van der Waals surface area contributed by atoms with Gasteiger partial charge in [-0.3, -0.25) is 0 Å². The van der Waals surface area contributed by atoms with E-state index in [0.29, 0.717) is 19.8 Å². The highest BCUT2D eigenvalue weighted by Crippen LogP contribution is 2.17. The molecule has 1 aromatic rings. The molecular weight excluding hydrogens is 280 g/mol. The zero-order chi connectivity index (χ0) is 14.8. The maximum absolute atomic E-state index is 11.1. The number of benzene rings is 1. The normalized spacial score (nSPS) is 19.9. The van der Waals surface area contributed by atoms with Gasteiger partial charge in [-0.25, -0.2) is 13.6 Å². The molecule has 1 fully saturated rings. The van der Waals surface area contributed by atoms with Crippen molar-refractivity contribution >= 4 is 10.0 Å². The first-order valence-electron chi connectivity index (χ1n) is 6.39. The van der Waals surface area contributed by atoms with Crippen LogP contribution in [0.4, 0.5) is 0 Å². The highest BCUT2D eigenvalue weighted by molar-refractivity contribution is 7.89. The standard InChI is InChI=1S/C13H20N2O4S/c1-13(2)18-8-11(9-19-13)15-7-10-3-5-12(6-4-10)20(14,16)17/h3-6,11,15H,7-9H2,1-2H3,(H2,14,16,17). The van der Waals surface area contributed by atoms with Gasteiger partial charge in [-0.15, -0.1) is 0 Å². The van der Waals surface area contributed by atoms with Gasteiger partial charge in [-0.1, -0.05) is 12.1 Å². The van der Waals surface area contributed by atoms with Crippen molar-refractivity contribution in [1.82, 2.24) is 5.32 Å². The Balaban J connectivity index is 1.86. The predicted molar refractivity (Wildman–Crippen MR) is 74.4 cm³/mol. The van der Waals surface area contributed by atoms with Crippen LogP contribution in [0.1, 0.15) is 19.4 Å². The Hall–Kier alpha value is -0.990. The number of sulfonamides is 1. The Kier molecular flexibility index (Phi) is 4.46. The van der Waals surface area contributed by atoms with Gasteiger partial charge in [0.2, 0.25) is 10.0 Å². The third-order valence-electron chi connectivity index (χ3n) is 3.11. The van der Waals surface area contributed by atoms with E-state index >= 15 is 0 Å². The molecule has 0 radical (unpaired) electrons. The van der Waals surface area contributed by atoms with Crippen LogP contribution in [0.3, 0.4) is 0 Å². The summed E-state index contributed by atoms with van der Waals surface area (Å²) < 4.78 is 33.4. The van der Waals surface area contributed by atoms with E-state index in [1.54, 1.807) is 12.1 Å². The topological polar surface area (TPSA) is 90.6 Å². The van der Waals surface area contributed by atoms with E-state index in [4.69, 9.17) is 14.6 Å². The Bertz CT molecular complexity index is 544. The Morgan fingerprint density at radius 2 is 1.80 bits per heavy atom. The molecule has 1 aromatic carbocycles. The molecule has 7 heteroatoms. The van der Waals surface area contributed by atoms with Crippen molar-refractivity contribution < 1.29 is 17.9 Å². The van der Waals surface area contributed by atoms with Crippen LogP contribution in [-0.2, 0) is 26.0 Å². The summed E-state index contributed by atoms with van der Waals surface area (Å²) in [5, 5.41) is 8.35. The lowest BCUT2D eigenvalue weighted by atomic mass is 10.2. The highest BCUT2D eigenvalue weighted by atomic mass is 32.2. The van der Waals surface area contributed by atoms with Crippen molar-refractivity contribution in [3.05, 3.63) is 29.8 Å². The average molecular weight is 300 g/mol. The molecule has 0 bridgehead atoms. The van der Waals surface area contributed by atoms with Crippen LogP contribution in [0, 0.1) is 0 Å². The molecule has 1 saturated heterocycles. The van der Waals surface area contributed by atoms with Gasteiger partial charge in [0.1, 0.15) is 0 Å². The summed E-state index contributed by atoms with van der Waals surface area (Å²) in [5.74, 6) is -0.519. The number of hydrogen-bond acceptors (Lipinski definition) is 5. The van der Waals surface area contributed by atoms with Crippen LogP contribution in [0.5, 0.6) is 0 Å². The first-order valence-corrected chi connectivity index (χ1v) is 7.94. The summed E-state index contributed by atoms with van der Waals surface area (Å²) in [7, 11) is -3.63. The first-order chi connectivity index (χ1) is 9.26. The van der Waals surface area contributed by atoms with Gasteiger partial charge in [0, 0.05) is 6.54 Å². The van der Waals surface area contributed by atoms with Crippen molar-refractivity contribution in [2.75, 3.05) is 13.2 Å². The van der Waals surface area contributed by atoms with Gasteiger partial charge in [0.25, 0.3) is 0 Å². The quantitative estimate of drug-likeness (QED) is 0.848. The summed E-state index contributed by atoms with van der Waals surface area (Å²) in [5.41, 5.74) is 0.974. The second-order valence-electron chi connectivity index (χ2n) is 5.29. The summed E-state index contributed by atoms with van der Waals surface area (Å²) in [4.78, 5) is 0.118. The lowest BCUT2D eigenvalue weighted by Crippen LogP contribution is -2.48. The summed E-state index contributed by atoms with van der Waals surface area (Å²) >= 11 is 0. The number of hydrogen-bond donors (Lipinski definition) is 2. The molecule has 0 saturated carbocycles. The van der Waals surface area contributed by atoms with Crippen molar-refractivity contribution in [2.24, 2.45) is 5.14 Å². The maximum atomic E-state index is 11.1. The number of rotatable bonds is 4.